The predicted molar refractivity (Wildman–Crippen MR) is 68.1 cm³/mol. The number of hydrogen-bond acceptors (Lipinski definition) is 5. The number of hydrogen-bond donors (Lipinski definition) is 1. The molecule has 1 fully saturated rings. The number of aliphatic carboxylic acids is 1. The molecule has 19 heavy (non-hydrogen) atoms. The van der Waals surface area contributed by atoms with Gasteiger partial charge < -0.3 is 9.84 Å². The largest absolute Gasteiger partial charge is 0.477 e. The Morgan fingerprint density at radius 2 is 2.37 bits per heavy atom. The van der Waals surface area contributed by atoms with E-state index in [1.54, 1.807) is 6.92 Å². The monoisotopic (exact) mass is 283 g/mol. The predicted octanol–water partition coefficient (Wildman–Crippen LogP) is 0.605. The zero-order valence-electron chi connectivity index (χ0n) is 10.2. The number of amides is 1. The first-order chi connectivity index (χ1) is 9.06. The molecule has 102 valence electrons. The summed E-state index contributed by atoms with van der Waals surface area (Å²) in [7, 11) is 0. The zero-order chi connectivity index (χ0) is 14.0. The van der Waals surface area contributed by atoms with Crippen molar-refractivity contribution in [3.63, 3.8) is 0 Å². The quantitative estimate of drug-likeness (QED) is 0.462. The maximum atomic E-state index is 11.9. The lowest BCUT2D eigenvalue weighted by molar-refractivity contribution is -0.150. The molecule has 0 aromatic carbocycles. The summed E-state index contributed by atoms with van der Waals surface area (Å²) in [5, 5.41) is 8.75. The molecule has 0 radical (unpaired) electrons. The second-order valence-electron chi connectivity index (χ2n) is 3.96. The summed E-state index contributed by atoms with van der Waals surface area (Å²) in [6.45, 7) is 1.97. The Hall–Kier alpha value is -1.76. The minimum atomic E-state index is -1.11. The summed E-state index contributed by atoms with van der Waals surface area (Å²) in [6.07, 6.45) is 4.23. The van der Waals surface area contributed by atoms with Crippen molar-refractivity contribution in [2.75, 3.05) is 12.4 Å². The number of β-lactam (4-membered cyclic amide) rings is 1. The van der Waals surface area contributed by atoms with Crippen molar-refractivity contribution in [1.82, 2.24) is 4.90 Å². The molecule has 0 spiro atoms. The molecule has 2 aliphatic rings. The molecule has 2 heterocycles. The number of carbonyl (C=O) groups is 3. The molecule has 1 unspecified atom stereocenters. The van der Waals surface area contributed by atoms with E-state index in [9.17, 15) is 14.4 Å². The molecule has 0 saturated carbocycles. The molecule has 2 rings (SSSR count). The van der Waals surface area contributed by atoms with E-state index < -0.39 is 17.9 Å². The molecule has 1 saturated heterocycles. The minimum Gasteiger partial charge on any atom is -0.477 e. The number of rotatable bonds is 4. The van der Waals surface area contributed by atoms with Crippen LogP contribution in [-0.2, 0) is 19.1 Å². The highest BCUT2D eigenvalue weighted by atomic mass is 32.2. The number of thioether (sulfide) groups is 1. The summed E-state index contributed by atoms with van der Waals surface area (Å²) in [5.41, 5.74) is 0.0227. The van der Waals surface area contributed by atoms with Crippen LogP contribution in [0.4, 0.5) is 0 Å². The Bertz CT molecular complexity index is 485. The van der Waals surface area contributed by atoms with Gasteiger partial charge in [-0.1, -0.05) is 6.08 Å². The normalized spacial score (nSPS) is 25.6. The van der Waals surface area contributed by atoms with Gasteiger partial charge >= 0.3 is 11.9 Å². The van der Waals surface area contributed by atoms with E-state index in [2.05, 4.69) is 0 Å². The van der Waals surface area contributed by atoms with Crippen LogP contribution in [0.1, 0.15) is 6.92 Å². The summed E-state index contributed by atoms with van der Waals surface area (Å²) in [4.78, 5) is 35.3. The maximum Gasteiger partial charge on any atom is 0.352 e. The number of carboxylic acid groups (broad SMARTS) is 1. The van der Waals surface area contributed by atoms with Crippen molar-refractivity contribution < 1.29 is 24.2 Å². The molecule has 2 aliphatic heterocycles. The van der Waals surface area contributed by atoms with E-state index in [0.717, 1.165) is 0 Å². The Kier molecular flexibility index (Phi) is 3.94. The third-order valence-corrected chi connectivity index (χ3v) is 4.04. The third-order valence-electron chi connectivity index (χ3n) is 2.83. The Morgan fingerprint density at radius 3 is 3.00 bits per heavy atom. The van der Waals surface area contributed by atoms with Crippen LogP contribution in [0, 0.1) is 5.92 Å². The van der Waals surface area contributed by atoms with Gasteiger partial charge in [0.25, 0.3) is 0 Å². The van der Waals surface area contributed by atoms with Crippen LogP contribution < -0.4 is 0 Å². The van der Waals surface area contributed by atoms with Gasteiger partial charge in [-0.2, -0.15) is 0 Å². The third kappa shape index (κ3) is 2.51. The molecular weight excluding hydrogens is 270 g/mol. The molecule has 1 N–H and O–H groups in total. The van der Waals surface area contributed by atoms with Crippen LogP contribution >= 0.6 is 11.8 Å². The molecular formula is C12H13NO5S. The second-order valence-corrected chi connectivity index (χ2v) is 5.11. The fourth-order valence-electron chi connectivity index (χ4n) is 1.98. The lowest BCUT2D eigenvalue weighted by atomic mass is 9.96. The lowest BCUT2D eigenvalue weighted by Crippen LogP contribution is -2.60. The molecule has 0 aromatic heterocycles. The van der Waals surface area contributed by atoms with Gasteiger partial charge in [0.1, 0.15) is 5.70 Å². The number of esters is 1. The number of carbonyl (C=O) groups excluding carboxylic acids is 2. The van der Waals surface area contributed by atoms with E-state index in [1.165, 1.54) is 34.9 Å². The van der Waals surface area contributed by atoms with Crippen molar-refractivity contribution in [2.45, 2.75) is 12.3 Å². The van der Waals surface area contributed by atoms with E-state index in [1.807, 2.05) is 0 Å². The topological polar surface area (TPSA) is 83.9 Å². The number of ether oxygens (including phenoxy) is 1. The first-order valence-electron chi connectivity index (χ1n) is 5.79. The average Bonchev–Trinajstić information content (AvgIpc) is 2.37. The van der Waals surface area contributed by atoms with Gasteiger partial charge in [0.05, 0.1) is 17.9 Å². The fourth-order valence-corrected chi connectivity index (χ4v) is 3.22. The molecule has 6 nitrogen and oxygen atoms in total. The highest BCUT2D eigenvalue weighted by Gasteiger charge is 2.50. The van der Waals surface area contributed by atoms with Gasteiger partial charge in [-0.05, 0) is 13.0 Å². The van der Waals surface area contributed by atoms with Crippen LogP contribution in [0.15, 0.2) is 23.9 Å². The Morgan fingerprint density at radius 1 is 1.63 bits per heavy atom. The SMILES string of the molecule is CCOC(=O)/C=C/C1C(=O)N2C(C(=O)O)=CCS[C@@H]12. The molecule has 7 heteroatoms. The van der Waals surface area contributed by atoms with Crippen molar-refractivity contribution in [2.24, 2.45) is 5.92 Å². The highest BCUT2D eigenvalue weighted by molar-refractivity contribution is 8.00. The molecule has 0 bridgehead atoms. The lowest BCUT2D eigenvalue weighted by Gasteiger charge is -2.47. The summed E-state index contributed by atoms with van der Waals surface area (Å²) >= 11 is 1.47. The van der Waals surface area contributed by atoms with Crippen molar-refractivity contribution >= 4 is 29.6 Å². The zero-order valence-corrected chi connectivity index (χ0v) is 11.1. The van der Waals surface area contributed by atoms with Crippen LogP contribution in [-0.4, -0.2) is 45.6 Å². The minimum absolute atomic E-state index is 0.0227. The molecule has 0 aromatic rings. The molecule has 2 atom stereocenters. The number of nitrogens with zero attached hydrogens (tertiary/aromatic N) is 1. The van der Waals surface area contributed by atoms with Gasteiger partial charge in [-0.25, -0.2) is 9.59 Å². The number of fused-ring (bicyclic) bond motifs is 1. The van der Waals surface area contributed by atoms with Crippen LogP contribution in [0.5, 0.6) is 0 Å². The second kappa shape index (κ2) is 5.48. The van der Waals surface area contributed by atoms with E-state index in [4.69, 9.17) is 9.84 Å². The van der Waals surface area contributed by atoms with Gasteiger partial charge in [-0.15, -0.1) is 11.8 Å². The summed E-state index contributed by atoms with van der Waals surface area (Å²) < 4.78 is 4.73. The Labute approximate surface area is 114 Å². The van der Waals surface area contributed by atoms with Crippen molar-refractivity contribution in [3.05, 3.63) is 23.9 Å². The first kappa shape index (κ1) is 13.7. The highest BCUT2D eigenvalue weighted by Crippen LogP contribution is 2.41. The van der Waals surface area contributed by atoms with E-state index in [0.29, 0.717) is 5.75 Å². The van der Waals surface area contributed by atoms with Gasteiger partial charge in [0.2, 0.25) is 5.91 Å². The van der Waals surface area contributed by atoms with E-state index >= 15 is 0 Å². The van der Waals surface area contributed by atoms with Crippen LogP contribution in [0.3, 0.4) is 0 Å². The molecule has 1 amide bonds. The summed E-state index contributed by atoms with van der Waals surface area (Å²) in [5.74, 6) is -1.82. The smallest absolute Gasteiger partial charge is 0.352 e. The first-order valence-corrected chi connectivity index (χ1v) is 6.84. The Balaban J connectivity index is 2.05. The van der Waals surface area contributed by atoms with Crippen molar-refractivity contribution in [3.8, 4) is 0 Å². The van der Waals surface area contributed by atoms with Crippen LogP contribution in [0.25, 0.3) is 0 Å². The van der Waals surface area contributed by atoms with E-state index in [-0.39, 0.29) is 23.6 Å². The molecule has 0 aliphatic carbocycles. The van der Waals surface area contributed by atoms with Crippen LogP contribution in [0.2, 0.25) is 0 Å². The van der Waals surface area contributed by atoms with Gasteiger partial charge in [-0.3, -0.25) is 9.69 Å². The fraction of sp³-hybridized carbons (Fsp3) is 0.417. The van der Waals surface area contributed by atoms with Gasteiger partial charge in [0.15, 0.2) is 0 Å². The maximum absolute atomic E-state index is 11.9. The van der Waals surface area contributed by atoms with Gasteiger partial charge in [0, 0.05) is 11.8 Å². The van der Waals surface area contributed by atoms with Crippen molar-refractivity contribution in [1.29, 1.82) is 0 Å². The average molecular weight is 283 g/mol. The summed E-state index contributed by atoms with van der Waals surface area (Å²) in [6, 6.07) is 0. The number of carboxylic acids is 1. The standard InChI is InChI=1S/C12H13NO5S/c1-2-18-9(14)4-3-7-10(15)13-8(12(16)17)5-6-19-11(7)13/h3-5,7,11H,2,6H2,1H3,(H,16,17)/b4-3+/t7?,11-/m0/s1.